The molecule has 0 saturated carbocycles. The van der Waals surface area contributed by atoms with Crippen LogP contribution in [0.1, 0.15) is 21.5 Å². The molecule has 0 bridgehead atoms. The van der Waals surface area contributed by atoms with Crippen molar-refractivity contribution < 1.29 is 23.1 Å². The fraction of sp³-hybridized carbons (Fsp3) is 0.278. The number of nitrogens with zero attached hydrogens (tertiary/aromatic N) is 1. The Morgan fingerprint density at radius 2 is 1.84 bits per heavy atom. The van der Waals surface area contributed by atoms with Crippen molar-refractivity contribution in [3.63, 3.8) is 0 Å². The van der Waals surface area contributed by atoms with Gasteiger partial charge in [-0.3, -0.25) is 4.79 Å². The molecular weight excluding hydrogens is 333 g/mol. The molecule has 2 N–H and O–H groups in total. The van der Waals surface area contributed by atoms with E-state index < -0.39 is 17.6 Å². The molecule has 0 fully saturated rings. The monoisotopic (exact) mass is 352 g/mol. The molecule has 0 unspecified atom stereocenters. The molecule has 2 aromatic carbocycles. The van der Waals surface area contributed by atoms with Gasteiger partial charge < -0.3 is 15.3 Å². The third-order valence-corrected chi connectivity index (χ3v) is 3.71. The maximum absolute atomic E-state index is 13.2. The Hall–Kier alpha value is -2.54. The minimum atomic E-state index is -4.57. The van der Waals surface area contributed by atoms with Crippen LogP contribution in [0, 0.1) is 0 Å². The second-order valence-electron chi connectivity index (χ2n) is 5.44. The summed E-state index contributed by atoms with van der Waals surface area (Å²) in [7, 11) is 1.39. The predicted molar refractivity (Wildman–Crippen MR) is 89.3 cm³/mol. The number of hydrogen-bond donors (Lipinski definition) is 2. The predicted octanol–water partition coefficient (Wildman–Crippen LogP) is 3.38. The van der Waals surface area contributed by atoms with Crippen LogP contribution in [0.3, 0.4) is 0 Å². The number of nitrogens with one attached hydrogen (secondary N) is 1. The Kier molecular flexibility index (Phi) is 6.03. The number of carbonyl (C=O) groups excluding carboxylic acids is 1. The van der Waals surface area contributed by atoms with Gasteiger partial charge in [-0.25, -0.2) is 0 Å². The molecule has 0 aromatic heterocycles. The summed E-state index contributed by atoms with van der Waals surface area (Å²) in [5.74, 6) is -0.564. The molecule has 0 heterocycles. The number of alkyl halides is 3. The van der Waals surface area contributed by atoms with Gasteiger partial charge in [0, 0.05) is 31.4 Å². The first-order valence-corrected chi connectivity index (χ1v) is 7.70. The van der Waals surface area contributed by atoms with Gasteiger partial charge in [0.05, 0.1) is 12.2 Å². The molecule has 0 aliphatic heterocycles. The summed E-state index contributed by atoms with van der Waals surface area (Å²) in [5, 5.41) is 11.7. The van der Waals surface area contributed by atoms with Gasteiger partial charge in [-0.1, -0.05) is 30.3 Å². The van der Waals surface area contributed by atoms with E-state index in [4.69, 9.17) is 0 Å². The van der Waals surface area contributed by atoms with Crippen molar-refractivity contribution in [2.45, 2.75) is 12.7 Å². The lowest BCUT2D eigenvalue weighted by Gasteiger charge is -2.23. The third kappa shape index (κ3) is 4.73. The summed E-state index contributed by atoms with van der Waals surface area (Å²) in [4.78, 5) is 14.0. The summed E-state index contributed by atoms with van der Waals surface area (Å²) < 4.78 is 39.5. The van der Waals surface area contributed by atoms with E-state index in [9.17, 15) is 23.1 Å². The molecular formula is C18H19F3N2O2. The molecule has 0 aliphatic carbocycles. The summed E-state index contributed by atoms with van der Waals surface area (Å²) in [6.07, 6.45) is -4.57. The van der Waals surface area contributed by atoms with Crippen LogP contribution < -0.4 is 5.32 Å². The number of halogens is 3. The van der Waals surface area contributed by atoms with Gasteiger partial charge >= 0.3 is 6.18 Å². The molecule has 4 nitrogen and oxygen atoms in total. The third-order valence-electron chi connectivity index (χ3n) is 3.71. The molecule has 1 amide bonds. The van der Waals surface area contributed by atoms with Crippen molar-refractivity contribution in [3.05, 3.63) is 65.2 Å². The van der Waals surface area contributed by atoms with Gasteiger partial charge in [0.15, 0.2) is 0 Å². The summed E-state index contributed by atoms with van der Waals surface area (Å²) in [5.41, 5.74) is -0.242. The first kappa shape index (κ1) is 18.8. The minimum absolute atomic E-state index is 0.0306. The molecule has 7 heteroatoms. The zero-order valence-corrected chi connectivity index (χ0v) is 13.7. The Bertz CT molecular complexity index is 718. The highest BCUT2D eigenvalue weighted by atomic mass is 19.4. The van der Waals surface area contributed by atoms with Crippen molar-refractivity contribution in [2.24, 2.45) is 0 Å². The number of aliphatic hydroxyl groups is 1. The van der Waals surface area contributed by atoms with E-state index in [0.29, 0.717) is 0 Å². The van der Waals surface area contributed by atoms with Crippen LogP contribution in [0.5, 0.6) is 0 Å². The Balaban J connectivity index is 2.32. The second kappa shape index (κ2) is 8.02. The van der Waals surface area contributed by atoms with Gasteiger partial charge in [0.2, 0.25) is 0 Å². The molecule has 134 valence electrons. The largest absolute Gasteiger partial charge is 0.418 e. The molecule has 0 saturated heterocycles. The van der Waals surface area contributed by atoms with E-state index in [-0.39, 0.29) is 30.9 Å². The lowest BCUT2D eigenvalue weighted by molar-refractivity contribution is -0.137. The number of rotatable bonds is 6. The van der Waals surface area contributed by atoms with Gasteiger partial charge in [-0.2, -0.15) is 13.2 Å². The van der Waals surface area contributed by atoms with Crippen LogP contribution in [0.25, 0.3) is 0 Å². The molecule has 0 aliphatic rings. The van der Waals surface area contributed by atoms with E-state index in [1.54, 1.807) is 12.1 Å². The van der Waals surface area contributed by atoms with E-state index >= 15 is 0 Å². The highest BCUT2D eigenvalue weighted by Gasteiger charge is 2.34. The maximum Gasteiger partial charge on any atom is 0.418 e. The quantitative estimate of drug-likeness (QED) is 0.838. The molecule has 0 spiro atoms. The van der Waals surface area contributed by atoms with Crippen LogP contribution in [-0.2, 0) is 12.7 Å². The summed E-state index contributed by atoms with van der Waals surface area (Å²) in [6.45, 7) is -0.0441. The van der Waals surface area contributed by atoms with Gasteiger partial charge in [-0.05, 0) is 23.8 Å². The number of benzene rings is 2. The van der Waals surface area contributed by atoms with E-state index in [2.05, 4.69) is 5.32 Å². The first-order valence-electron chi connectivity index (χ1n) is 7.70. The fourth-order valence-electron chi connectivity index (χ4n) is 2.49. The minimum Gasteiger partial charge on any atom is -0.395 e. The number of hydrogen-bond acceptors (Lipinski definition) is 3. The van der Waals surface area contributed by atoms with E-state index in [1.165, 1.54) is 24.1 Å². The first-order chi connectivity index (χ1) is 11.9. The molecule has 0 radical (unpaired) electrons. The van der Waals surface area contributed by atoms with Crippen molar-refractivity contribution >= 4 is 11.6 Å². The SMILES string of the molecule is CNc1ccc(C(=O)N(CCO)Cc2ccccc2)cc1C(F)(F)F. The maximum atomic E-state index is 13.2. The molecule has 0 atom stereocenters. The fourth-order valence-corrected chi connectivity index (χ4v) is 2.49. The normalized spacial score (nSPS) is 11.2. The topological polar surface area (TPSA) is 52.6 Å². The number of carbonyl (C=O) groups is 1. The Morgan fingerprint density at radius 3 is 2.40 bits per heavy atom. The van der Waals surface area contributed by atoms with Crippen LogP contribution in [0.2, 0.25) is 0 Å². The summed E-state index contributed by atoms with van der Waals surface area (Å²) in [6, 6.07) is 12.5. The Morgan fingerprint density at radius 1 is 1.16 bits per heavy atom. The number of amides is 1. The van der Waals surface area contributed by atoms with E-state index in [1.807, 2.05) is 18.2 Å². The zero-order chi connectivity index (χ0) is 18.4. The molecule has 2 rings (SSSR count). The average molecular weight is 352 g/mol. The number of aliphatic hydroxyl groups excluding tert-OH is 1. The van der Waals surface area contributed by atoms with Crippen LogP contribution >= 0.6 is 0 Å². The lowest BCUT2D eigenvalue weighted by Crippen LogP contribution is -2.33. The summed E-state index contributed by atoms with van der Waals surface area (Å²) >= 11 is 0. The van der Waals surface area contributed by atoms with Crippen molar-refractivity contribution in [2.75, 3.05) is 25.5 Å². The van der Waals surface area contributed by atoms with Gasteiger partial charge in [0.25, 0.3) is 5.91 Å². The van der Waals surface area contributed by atoms with Gasteiger partial charge in [-0.15, -0.1) is 0 Å². The highest BCUT2D eigenvalue weighted by Crippen LogP contribution is 2.35. The second-order valence-corrected chi connectivity index (χ2v) is 5.44. The van der Waals surface area contributed by atoms with E-state index in [0.717, 1.165) is 11.6 Å². The molecule has 25 heavy (non-hydrogen) atoms. The van der Waals surface area contributed by atoms with Gasteiger partial charge in [0.1, 0.15) is 0 Å². The number of anilines is 1. The Labute approximate surface area is 143 Å². The van der Waals surface area contributed by atoms with Crippen molar-refractivity contribution in [1.29, 1.82) is 0 Å². The van der Waals surface area contributed by atoms with Crippen molar-refractivity contribution in [3.8, 4) is 0 Å². The van der Waals surface area contributed by atoms with Crippen LogP contribution in [-0.4, -0.2) is 36.1 Å². The lowest BCUT2D eigenvalue weighted by atomic mass is 10.1. The van der Waals surface area contributed by atoms with Crippen LogP contribution in [0.4, 0.5) is 18.9 Å². The molecule has 2 aromatic rings. The smallest absolute Gasteiger partial charge is 0.395 e. The standard InChI is InChI=1S/C18H19F3N2O2/c1-22-16-8-7-14(11-15(16)18(19,20)21)17(25)23(9-10-24)12-13-5-3-2-4-6-13/h2-8,11,22,24H,9-10,12H2,1H3. The average Bonchev–Trinajstić information content (AvgIpc) is 2.60. The zero-order valence-electron chi connectivity index (χ0n) is 13.7. The van der Waals surface area contributed by atoms with Crippen molar-refractivity contribution in [1.82, 2.24) is 4.90 Å². The highest BCUT2D eigenvalue weighted by molar-refractivity contribution is 5.95. The van der Waals surface area contributed by atoms with Crippen LogP contribution in [0.15, 0.2) is 48.5 Å².